The van der Waals surface area contributed by atoms with Crippen molar-refractivity contribution in [3.63, 3.8) is 0 Å². The summed E-state index contributed by atoms with van der Waals surface area (Å²) in [7, 11) is 0. The van der Waals surface area contributed by atoms with Gasteiger partial charge in [0.25, 0.3) is 5.56 Å². The number of aromatic nitrogens is 2. The van der Waals surface area contributed by atoms with Gasteiger partial charge in [0, 0.05) is 30.1 Å². The number of amides is 1. The first kappa shape index (κ1) is 43.2. The number of carbonyl (C=O) groups excluding carboxylic acids is 1. The number of aromatic amines is 1. The number of rotatable bonds is 17. The van der Waals surface area contributed by atoms with E-state index in [1.54, 1.807) is 4.40 Å². The van der Waals surface area contributed by atoms with E-state index in [4.69, 9.17) is 4.89 Å². The van der Waals surface area contributed by atoms with Crippen molar-refractivity contribution in [2.24, 2.45) is 35.5 Å². The molecule has 5 fully saturated rings. The molecule has 0 radical (unpaired) electrons. The lowest BCUT2D eigenvalue weighted by Crippen LogP contribution is -2.54. The predicted molar refractivity (Wildman–Crippen MR) is 233 cm³/mol. The fourth-order valence-corrected chi connectivity index (χ4v) is 13.5. The van der Waals surface area contributed by atoms with Gasteiger partial charge in [-0.05, 0) is 125 Å². The lowest BCUT2D eigenvalue weighted by Gasteiger charge is -2.48. The van der Waals surface area contributed by atoms with Gasteiger partial charge in [0.15, 0.2) is 6.23 Å². The van der Waals surface area contributed by atoms with Crippen LogP contribution in [0, 0.1) is 46.8 Å². The molecule has 1 amide bonds. The van der Waals surface area contributed by atoms with E-state index < -0.39 is 6.23 Å². The van der Waals surface area contributed by atoms with Crippen LogP contribution in [0.2, 0.25) is 0 Å². The van der Waals surface area contributed by atoms with Crippen LogP contribution in [0.15, 0.2) is 10.9 Å². The van der Waals surface area contributed by atoms with E-state index in [1.165, 1.54) is 70.3 Å². The largest absolute Gasteiger partial charge is 0.326 e. The second kappa shape index (κ2) is 20.1. The third kappa shape index (κ3) is 8.93. The van der Waals surface area contributed by atoms with Crippen molar-refractivity contribution in [2.75, 3.05) is 23.3 Å². The van der Waals surface area contributed by atoms with E-state index in [2.05, 4.69) is 53.9 Å². The van der Waals surface area contributed by atoms with Gasteiger partial charge < -0.3 is 20.1 Å². The molecule has 10 nitrogen and oxygen atoms in total. The average molecular weight is 801 g/mol. The van der Waals surface area contributed by atoms with Gasteiger partial charge in [-0.15, -0.1) is 0 Å². The highest BCUT2D eigenvalue weighted by Crippen LogP contribution is 2.59. The summed E-state index contributed by atoms with van der Waals surface area (Å²) in [6.45, 7) is 11.1. The number of nitriles is 1. The number of hydrogen-bond acceptors (Lipinski definition) is 7. The standard InChI is InChI=1S/C48H76N6O4/c1-5-8-9-10-14-25-43(55)50-42-30-44(56)54-47(51-42)40(31-49)46(33-19-12-11-13-20-33)48(54)53(41-27-26-34(28-32(41)4)52(6-2)7-3)45(58-57)29-39-37-23-17-15-21-35(37)36-22-16-18-24-38(36)39/h30,32-39,41,45,51,57H,5-29H2,1-4H3,(H,50,55). The fraction of sp³-hybridized carbons (Fsp3) is 0.812. The van der Waals surface area contributed by atoms with Crippen LogP contribution in [-0.2, 0) is 9.68 Å². The molecule has 2 heterocycles. The Kier molecular flexibility index (Phi) is 15.0. The van der Waals surface area contributed by atoms with Crippen molar-refractivity contribution in [2.45, 2.75) is 200 Å². The minimum absolute atomic E-state index is 0.00754. The highest BCUT2D eigenvalue weighted by atomic mass is 17.1. The summed E-state index contributed by atoms with van der Waals surface area (Å²) in [5, 5.41) is 25.5. The Morgan fingerprint density at radius 2 is 1.55 bits per heavy atom. The Labute approximate surface area is 348 Å². The van der Waals surface area contributed by atoms with Crippen molar-refractivity contribution in [1.82, 2.24) is 14.3 Å². The Morgan fingerprint density at radius 1 is 0.914 bits per heavy atom. The third-order valence-electron chi connectivity index (χ3n) is 16.2. The molecule has 5 aliphatic carbocycles. The van der Waals surface area contributed by atoms with Gasteiger partial charge in [-0.25, -0.2) is 14.5 Å². The maximum absolute atomic E-state index is 14.8. The molecule has 3 N–H and O–H groups in total. The molecular formula is C48H76N6O4. The smallest absolute Gasteiger partial charge is 0.261 e. The number of nitrogens with zero attached hydrogens (tertiary/aromatic N) is 4. The van der Waals surface area contributed by atoms with Crippen molar-refractivity contribution in [3.05, 3.63) is 27.5 Å². The highest BCUT2D eigenvalue weighted by Gasteiger charge is 2.53. The minimum atomic E-state index is -0.649. The van der Waals surface area contributed by atoms with Gasteiger partial charge in [-0.3, -0.25) is 9.59 Å². The Balaban J connectivity index is 1.33. The number of carbonyl (C=O) groups is 1. The molecular weight excluding hydrogens is 725 g/mol. The maximum Gasteiger partial charge on any atom is 0.261 e. The van der Waals surface area contributed by atoms with E-state index in [0.29, 0.717) is 47.2 Å². The van der Waals surface area contributed by atoms with E-state index in [-0.39, 0.29) is 29.3 Å². The highest BCUT2D eigenvalue weighted by molar-refractivity contribution is 5.90. The van der Waals surface area contributed by atoms with Crippen LogP contribution in [0.25, 0.3) is 5.65 Å². The summed E-state index contributed by atoms with van der Waals surface area (Å²) in [6.07, 6.45) is 24.3. The van der Waals surface area contributed by atoms with Gasteiger partial charge in [0.2, 0.25) is 5.91 Å². The molecule has 8 unspecified atom stereocenters. The van der Waals surface area contributed by atoms with E-state index in [9.17, 15) is 20.1 Å². The fourth-order valence-electron chi connectivity index (χ4n) is 13.5. The van der Waals surface area contributed by atoms with Crippen molar-refractivity contribution < 1.29 is 14.9 Å². The normalized spacial score (nSPS) is 29.5. The molecule has 0 aromatic carbocycles. The molecule has 2 aromatic rings. The Hall–Kier alpha value is -2.87. The van der Waals surface area contributed by atoms with Crippen molar-refractivity contribution in [1.29, 1.82) is 5.26 Å². The number of unbranched alkanes of at least 4 members (excludes halogenated alkanes) is 4. The first-order chi connectivity index (χ1) is 28.3. The summed E-state index contributed by atoms with van der Waals surface area (Å²) in [5.74, 6) is 4.61. The predicted octanol–water partition coefficient (Wildman–Crippen LogP) is 11.0. The van der Waals surface area contributed by atoms with Gasteiger partial charge >= 0.3 is 0 Å². The Morgan fingerprint density at radius 3 is 2.16 bits per heavy atom. The minimum Gasteiger partial charge on any atom is -0.326 e. The molecule has 58 heavy (non-hydrogen) atoms. The quantitative estimate of drug-likeness (QED) is 0.0629. The van der Waals surface area contributed by atoms with Gasteiger partial charge in [-0.1, -0.05) is 98.3 Å². The van der Waals surface area contributed by atoms with Crippen LogP contribution in [0.3, 0.4) is 0 Å². The maximum atomic E-state index is 14.8. The number of nitrogens with one attached hydrogen (secondary N) is 2. The molecule has 8 atom stereocenters. The molecule has 2 aromatic heterocycles. The summed E-state index contributed by atoms with van der Waals surface area (Å²) in [5.41, 5.74) is 1.58. The topological polar surface area (TPSA) is 126 Å². The van der Waals surface area contributed by atoms with Crippen molar-refractivity contribution in [3.8, 4) is 6.07 Å². The second-order valence-electron chi connectivity index (χ2n) is 19.3. The van der Waals surface area contributed by atoms with E-state index in [0.717, 1.165) is 113 Å². The van der Waals surface area contributed by atoms with Gasteiger partial charge in [0.05, 0.1) is 0 Å². The molecule has 0 aliphatic heterocycles. The summed E-state index contributed by atoms with van der Waals surface area (Å²) >= 11 is 0. The van der Waals surface area contributed by atoms with Crippen LogP contribution in [0.5, 0.6) is 0 Å². The van der Waals surface area contributed by atoms with Crippen LogP contribution in [0.1, 0.15) is 192 Å². The molecule has 0 saturated heterocycles. The van der Waals surface area contributed by atoms with Crippen LogP contribution in [0.4, 0.5) is 11.6 Å². The Bertz CT molecular complexity index is 1730. The monoisotopic (exact) mass is 801 g/mol. The van der Waals surface area contributed by atoms with Crippen LogP contribution in [-0.4, -0.2) is 56.9 Å². The molecule has 10 heteroatoms. The summed E-state index contributed by atoms with van der Waals surface area (Å²) in [6, 6.07) is 4.58. The summed E-state index contributed by atoms with van der Waals surface area (Å²) < 4.78 is 1.74. The van der Waals surface area contributed by atoms with Crippen LogP contribution < -0.4 is 15.8 Å². The lowest BCUT2D eigenvalue weighted by atomic mass is 9.73. The number of H-pyrrole nitrogens is 1. The van der Waals surface area contributed by atoms with E-state index >= 15 is 0 Å². The van der Waals surface area contributed by atoms with Gasteiger partial charge in [-0.2, -0.15) is 5.26 Å². The zero-order chi connectivity index (χ0) is 40.8. The van der Waals surface area contributed by atoms with Crippen LogP contribution >= 0.6 is 0 Å². The zero-order valence-corrected chi connectivity index (χ0v) is 36.5. The number of fused-ring (bicyclic) bond motifs is 4. The molecule has 7 rings (SSSR count). The molecule has 322 valence electrons. The third-order valence-corrected chi connectivity index (χ3v) is 16.2. The first-order valence-electron chi connectivity index (χ1n) is 24.2. The second-order valence-corrected chi connectivity index (χ2v) is 19.3. The van der Waals surface area contributed by atoms with E-state index in [1.807, 2.05) is 0 Å². The molecule has 0 spiro atoms. The SMILES string of the molecule is CCCCCCCC(=O)Nc1cc(=O)n2c(N(C(CC3C4CCCCC4C4CCCCC43)OO)C3CCC(N(CC)CC)CC3C)c(C3CCCCC3)c(C#N)c2[nH]1. The van der Waals surface area contributed by atoms with Gasteiger partial charge in [0.1, 0.15) is 28.9 Å². The summed E-state index contributed by atoms with van der Waals surface area (Å²) in [4.78, 5) is 42.1. The number of anilines is 2. The number of hydrogen-bond donors (Lipinski definition) is 3. The molecule has 0 bridgehead atoms. The average Bonchev–Trinajstić information content (AvgIpc) is 3.74. The lowest BCUT2D eigenvalue weighted by molar-refractivity contribution is -0.284. The van der Waals surface area contributed by atoms with Crippen molar-refractivity contribution >= 4 is 23.2 Å². The molecule has 5 saturated carbocycles. The first-order valence-corrected chi connectivity index (χ1v) is 24.2. The molecule has 5 aliphatic rings. The zero-order valence-electron chi connectivity index (χ0n) is 36.5.